The van der Waals surface area contributed by atoms with Gasteiger partial charge in [0.2, 0.25) is 5.91 Å². The Balaban J connectivity index is 2.58. The van der Waals surface area contributed by atoms with Gasteiger partial charge in [0, 0.05) is 30.9 Å². The molecule has 0 aromatic carbocycles. The minimum atomic E-state index is -0.310. The van der Waals surface area contributed by atoms with Crippen LogP contribution in [0, 0.1) is 13.8 Å². The van der Waals surface area contributed by atoms with Gasteiger partial charge >= 0.3 is 5.97 Å². The van der Waals surface area contributed by atoms with Crippen LogP contribution in [-0.4, -0.2) is 55.6 Å². The molecule has 22 heavy (non-hydrogen) atoms. The number of carbonyl (C=O) groups excluding carboxylic acids is 2. The Morgan fingerprint density at radius 3 is 2.55 bits per heavy atom. The molecule has 0 saturated carbocycles. The van der Waals surface area contributed by atoms with Crippen LogP contribution in [0.1, 0.15) is 40.7 Å². The molecule has 0 radical (unpaired) electrons. The molecule has 0 atom stereocenters. The summed E-state index contributed by atoms with van der Waals surface area (Å²) in [6.45, 7) is 7.33. The van der Waals surface area contributed by atoms with Crippen LogP contribution in [0.15, 0.2) is 0 Å². The molecule has 0 bridgehead atoms. The van der Waals surface area contributed by atoms with E-state index in [4.69, 9.17) is 4.74 Å². The quantitative estimate of drug-likeness (QED) is 0.712. The molecule has 0 unspecified atom stereocenters. The van der Waals surface area contributed by atoms with Crippen molar-refractivity contribution in [1.82, 2.24) is 15.2 Å². The van der Waals surface area contributed by atoms with Crippen molar-refractivity contribution in [2.24, 2.45) is 0 Å². The van der Waals surface area contributed by atoms with Gasteiger partial charge in [-0.15, -0.1) is 0 Å². The Kier molecular flexibility index (Phi) is 7.11. The fraction of sp³-hybridized carbons (Fsp3) is 0.625. The summed E-state index contributed by atoms with van der Waals surface area (Å²) in [5, 5.41) is 2.88. The number of aryl methyl sites for hydroxylation is 2. The van der Waals surface area contributed by atoms with Crippen molar-refractivity contribution >= 4 is 11.9 Å². The number of hydrogen-bond donors (Lipinski definition) is 2. The van der Waals surface area contributed by atoms with Crippen LogP contribution in [-0.2, 0) is 16.0 Å². The Labute approximate surface area is 132 Å². The predicted molar refractivity (Wildman–Crippen MR) is 86.1 cm³/mol. The standard InChI is InChI=1S/C16H27N3O3/c1-6-22-16(21)15-11(2)13(18-12(15)3)7-8-14(20)17-9-10-19(4)5/h18H,6-10H2,1-5H3,(H,17,20). The van der Waals surface area contributed by atoms with E-state index in [1.54, 1.807) is 6.92 Å². The molecule has 0 aliphatic rings. The molecule has 0 fully saturated rings. The number of aromatic nitrogens is 1. The smallest absolute Gasteiger partial charge is 0.340 e. The van der Waals surface area contributed by atoms with Crippen LogP contribution >= 0.6 is 0 Å². The first kappa shape index (κ1) is 18.2. The molecule has 0 aliphatic heterocycles. The number of aromatic amines is 1. The summed E-state index contributed by atoms with van der Waals surface area (Å²) in [7, 11) is 3.93. The Bertz CT molecular complexity index is 521. The van der Waals surface area contributed by atoms with E-state index in [0.717, 1.165) is 23.5 Å². The number of amides is 1. The van der Waals surface area contributed by atoms with Gasteiger partial charge in [-0.3, -0.25) is 4.79 Å². The molecule has 1 aromatic rings. The minimum absolute atomic E-state index is 0.0196. The molecule has 1 amide bonds. The van der Waals surface area contributed by atoms with Crippen molar-refractivity contribution in [2.45, 2.75) is 33.6 Å². The van der Waals surface area contributed by atoms with E-state index in [2.05, 4.69) is 10.3 Å². The van der Waals surface area contributed by atoms with E-state index >= 15 is 0 Å². The number of H-pyrrole nitrogens is 1. The zero-order valence-electron chi connectivity index (χ0n) is 14.2. The SMILES string of the molecule is CCOC(=O)c1c(C)[nH]c(CCC(=O)NCCN(C)C)c1C. The third-order valence-corrected chi connectivity index (χ3v) is 3.50. The summed E-state index contributed by atoms with van der Waals surface area (Å²) in [6.07, 6.45) is 0.983. The molecule has 0 aliphatic carbocycles. The van der Waals surface area contributed by atoms with Gasteiger partial charge in [0.05, 0.1) is 12.2 Å². The van der Waals surface area contributed by atoms with E-state index in [1.165, 1.54) is 0 Å². The van der Waals surface area contributed by atoms with Gasteiger partial charge in [-0.1, -0.05) is 0 Å². The Morgan fingerprint density at radius 2 is 1.95 bits per heavy atom. The monoisotopic (exact) mass is 309 g/mol. The summed E-state index contributed by atoms with van der Waals surface area (Å²) in [6, 6.07) is 0. The topological polar surface area (TPSA) is 74.4 Å². The maximum Gasteiger partial charge on any atom is 0.340 e. The van der Waals surface area contributed by atoms with E-state index in [-0.39, 0.29) is 11.9 Å². The summed E-state index contributed by atoms with van der Waals surface area (Å²) in [5.41, 5.74) is 3.17. The summed E-state index contributed by atoms with van der Waals surface area (Å²) >= 11 is 0. The van der Waals surface area contributed by atoms with Crippen molar-refractivity contribution in [1.29, 1.82) is 0 Å². The number of nitrogens with one attached hydrogen (secondary N) is 2. The largest absolute Gasteiger partial charge is 0.462 e. The number of likely N-dealkylation sites (N-methyl/N-ethyl adjacent to an activating group) is 1. The molecule has 2 N–H and O–H groups in total. The molecule has 6 heteroatoms. The molecule has 1 heterocycles. The first-order valence-corrected chi connectivity index (χ1v) is 7.63. The van der Waals surface area contributed by atoms with Gasteiger partial charge in [0.15, 0.2) is 0 Å². The molecule has 6 nitrogen and oxygen atoms in total. The van der Waals surface area contributed by atoms with Gasteiger partial charge in [-0.25, -0.2) is 4.79 Å². The molecule has 1 aromatic heterocycles. The minimum Gasteiger partial charge on any atom is -0.462 e. The Morgan fingerprint density at radius 1 is 1.27 bits per heavy atom. The number of esters is 1. The van der Waals surface area contributed by atoms with Gasteiger partial charge in [0.25, 0.3) is 0 Å². The first-order chi connectivity index (χ1) is 10.4. The van der Waals surface area contributed by atoms with Crippen LogP contribution in [0.25, 0.3) is 0 Å². The number of carbonyl (C=O) groups is 2. The van der Waals surface area contributed by atoms with E-state index < -0.39 is 0 Å². The normalized spacial score (nSPS) is 10.8. The molecule has 1 rings (SSSR count). The van der Waals surface area contributed by atoms with Crippen LogP contribution in [0.2, 0.25) is 0 Å². The number of ether oxygens (including phenoxy) is 1. The summed E-state index contributed by atoms with van der Waals surface area (Å²) < 4.78 is 5.06. The van der Waals surface area contributed by atoms with Crippen molar-refractivity contribution in [2.75, 3.05) is 33.8 Å². The lowest BCUT2D eigenvalue weighted by Gasteiger charge is -2.10. The maximum absolute atomic E-state index is 11.9. The summed E-state index contributed by atoms with van der Waals surface area (Å²) in [5.74, 6) is -0.290. The second-order valence-electron chi connectivity index (χ2n) is 5.60. The zero-order chi connectivity index (χ0) is 16.7. The van der Waals surface area contributed by atoms with Crippen LogP contribution < -0.4 is 5.32 Å². The van der Waals surface area contributed by atoms with E-state index in [1.807, 2.05) is 32.8 Å². The van der Waals surface area contributed by atoms with Crippen LogP contribution in [0.5, 0.6) is 0 Å². The van der Waals surface area contributed by atoms with Crippen LogP contribution in [0.3, 0.4) is 0 Å². The molecule has 0 spiro atoms. The molecule has 0 saturated heterocycles. The zero-order valence-corrected chi connectivity index (χ0v) is 14.2. The van der Waals surface area contributed by atoms with Gasteiger partial charge in [-0.2, -0.15) is 0 Å². The maximum atomic E-state index is 11.9. The predicted octanol–water partition coefficient (Wildman–Crippen LogP) is 1.42. The van der Waals surface area contributed by atoms with Gasteiger partial charge in [0.1, 0.15) is 0 Å². The highest BCUT2D eigenvalue weighted by Crippen LogP contribution is 2.20. The second kappa shape index (κ2) is 8.58. The first-order valence-electron chi connectivity index (χ1n) is 7.63. The highest BCUT2D eigenvalue weighted by atomic mass is 16.5. The average Bonchev–Trinajstić information content (AvgIpc) is 2.71. The van der Waals surface area contributed by atoms with Crippen molar-refractivity contribution < 1.29 is 14.3 Å². The number of rotatable bonds is 8. The fourth-order valence-corrected chi connectivity index (χ4v) is 2.32. The van der Waals surface area contributed by atoms with Crippen molar-refractivity contribution in [3.63, 3.8) is 0 Å². The van der Waals surface area contributed by atoms with Gasteiger partial charge in [-0.05, 0) is 46.9 Å². The highest BCUT2D eigenvalue weighted by molar-refractivity contribution is 5.92. The number of hydrogen-bond acceptors (Lipinski definition) is 4. The van der Waals surface area contributed by atoms with Crippen molar-refractivity contribution in [3.8, 4) is 0 Å². The lowest BCUT2D eigenvalue weighted by Crippen LogP contribution is -2.31. The average molecular weight is 309 g/mol. The highest BCUT2D eigenvalue weighted by Gasteiger charge is 2.19. The van der Waals surface area contributed by atoms with E-state index in [9.17, 15) is 9.59 Å². The lowest BCUT2D eigenvalue weighted by atomic mass is 10.1. The molecule has 124 valence electrons. The van der Waals surface area contributed by atoms with Gasteiger partial charge < -0.3 is 19.9 Å². The van der Waals surface area contributed by atoms with Crippen LogP contribution in [0.4, 0.5) is 0 Å². The van der Waals surface area contributed by atoms with E-state index in [0.29, 0.717) is 31.6 Å². The third-order valence-electron chi connectivity index (χ3n) is 3.50. The lowest BCUT2D eigenvalue weighted by molar-refractivity contribution is -0.121. The fourth-order valence-electron chi connectivity index (χ4n) is 2.32. The Hall–Kier alpha value is -1.82. The second-order valence-corrected chi connectivity index (χ2v) is 5.60. The summed E-state index contributed by atoms with van der Waals surface area (Å²) in [4.78, 5) is 28.9. The third kappa shape index (κ3) is 5.18. The number of nitrogens with zero attached hydrogens (tertiary/aromatic N) is 1. The molecular weight excluding hydrogens is 282 g/mol. The molecular formula is C16H27N3O3. The van der Waals surface area contributed by atoms with Crippen molar-refractivity contribution in [3.05, 3.63) is 22.5 Å².